The Labute approximate surface area is 134 Å². The lowest BCUT2D eigenvalue weighted by Crippen LogP contribution is -2.38. The molecule has 1 atom stereocenters. The maximum atomic E-state index is 11.7. The van der Waals surface area contributed by atoms with Crippen molar-refractivity contribution in [1.82, 2.24) is 16.0 Å². The third kappa shape index (κ3) is 6.77. The number of carbonyl (C=O) groups excluding carboxylic acids is 2. The molecule has 3 N–H and O–H groups in total. The van der Waals surface area contributed by atoms with Gasteiger partial charge < -0.3 is 16.0 Å². The molecule has 2 aliphatic rings. The summed E-state index contributed by atoms with van der Waals surface area (Å²) in [5.41, 5.74) is 0. The van der Waals surface area contributed by atoms with Crippen molar-refractivity contribution in [3.8, 4) is 0 Å². The fourth-order valence-electron chi connectivity index (χ4n) is 3.55. The molecule has 1 aliphatic heterocycles. The van der Waals surface area contributed by atoms with E-state index in [-0.39, 0.29) is 18.4 Å². The lowest BCUT2D eigenvalue weighted by molar-refractivity contribution is -0.126. The minimum absolute atomic E-state index is 0.0125. The van der Waals surface area contributed by atoms with Crippen LogP contribution >= 0.6 is 0 Å². The van der Waals surface area contributed by atoms with Gasteiger partial charge in [0.25, 0.3) is 0 Å². The van der Waals surface area contributed by atoms with Gasteiger partial charge in [-0.25, -0.2) is 0 Å². The second-order valence-corrected chi connectivity index (χ2v) is 6.82. The van der Waals surface area contributed by atoms with Crippen LogP contribution in [0.5, 0.6) is 0 Å². The molecule has 0 bridgehead atoms. The van der Waals surface area contributed by atoms with E-state index in [0.717, 1.165) is 31.8 Å². The fourth-order valence-corrected chi connectivity index (χ4v) is 3.55. The predicted octanol–water partition coefficient (Wildman–Crippen LogP) is 1.58. The second kappa shape index (κ2) is 9.82. The van der Waals surface area contributed by atoms with Crippen molar-refractivity contribution >= 4 is 11.8 Å². The monoisotopic (exact) mass is 309 g/mol. The van der Waals surface area contributed by atoms with Crippen LogP contribution in [0.2, 0.25) is 0 Å². The summed E-state index contributed by atoms with van der Waals surface area (Å²) >= 11 is 0. The average molecular weight is 309 g/mol. The molecule has 1 saturated carbocycles. The second-order valence-electron chi connectivity index (χ2n) is 6.82. The fraction of sp³-hybridized carbons (Fsp3) is 0.882. The molecule has 1 unspecified atom stereocenters. The molecule has 0 aromatic rings. The maximum absolute atomic E-state index is 11.7. The SMILES string of the molecule is O=C(CCC1CCCC1)NCC(=O)NCCC1CCCNC1. The zero-order valence-corrected chi connectivity index (χ0v) is 13.7. The van der Waals surface area contributed by atoms with Gasteiger partial charge in [0.2, 0.25) is 11.8 Å². The van der Waals surface area contributed by atoms with Crippen molar-refractivity contribution < 1.29 is 9.59 Å². The number of piperidine rings is 1. The summed E-state index contributed by atoms with van der Waals surface area (Å²) in [7, 11) is 0. The summed E-state index contributed by atoms with van der Waals surface area (Å²) < 4.78 is 0. The number of nitrogens with one attached hydrogen (secondary N) is 3. The van der Waals surface area contributed by atoms with Gasteiger partial charge in [0.1, 0.15) is 0 Å². The molecule has 126 valence electrons. The molecular weight excluding hydrogens is 278 g/mol. The van der Waals surface area contributed by atoms with Gasteiger partial charge in [-0.2, -0.15) is 0 Å². The number of hydrogen-bond acceptors (Lipinski definition) is 3. The van der Waals surface area contributed by atoms with E-state index in [1.807, 2.05) is 0 Å². The van der Waals surface area contributed by atoms with Gasteiger partial charge in [0.15, 0.2) is 0 Å². The molecule has 1 aliphatic carbocycles. The van der Waals surface area contributed by atoms with Crippen LogP contribution in [-0.2, 0) is 9.59 Å². The standard InChI is InChI=1S/C17H31N3O2/c21-16(8-7-14-4-1-2-5-14)20-13-17(22)19-11-9-15-6-3-10-18-12-15/h14-15,18H,1-13H2,(H,19,22)(H,20,21). The zero-order chi connectivity index (χ0) is 15.6. The Kier molecular flexibility index (Phi) is 7.71. The van der Waals surface area contributed by atoms with Crippen LogP contribution in [-0.4, -0.2) is 38.0 Å². The molecule has 1 heterocycles. The normalized spacial score (nSPS) is 22.5. The highest BCUT2D eigenvalue weighted by Crippen LogP contribution is 2.28. The first-order chi connectivity index (χ1) is 10.7. The lowest BCUT2D eigenvalue weighted by atomic mass is 9.96. The Balaban J connectivity index is 1.46. The Hall–Kier alpha value is -1.10. The molecule has 0 aromatic heterocycles. The molecule has 22 heavy (non-hydrogen) atoms. The van der Waals surface area contributed by atoms with E-state index in [1.165, 1.54) is 38.5 Å². The van der Waals surface area contributed by atoms with Gasteiger partial charge in [0, 0.05) is 13.0 Å². The topological polar surface area (TPSA) is 70.2 Å². The number of rotatable bonds is 8. The van der Waals surface area contributed by atoms with Gasteiger partial charge >= 0.3 is 0 Å². The van der Waals surface area contributed by atoms with Crippen molar-refractivity contribution in [2.45, 2.75) is 57.8 Å². The lowest BCUT2D eigenvalue weighted by Gasteiger charge is -2.22. The van der Waals surface area contributed by atoms with Crippen molar-refractivity contribution in [1.29, 1.82) is 0 Å². The van der Waals surface area contributed by atoms with Crippen molar-refractivity contribution in [3.63, 3.8) is 0 Å². The Morgan fingerprint density at radius 1 is 0.909 bits per heavy atom. The van der Waals surface area contributed by atoms with E-state index >= 15 is 0 Å². The van der Waals surface area contributed by atoms with Crippen LogP contribution in [0.3, 0.4) is 0 Å². The molecular formula is C17H31N3O2. The first kappa shape index (κ1) is 17.3. The van der Waals surface area contributed by atoms with E-state index in [1.54, 1.807) is 0 Å². The Morgan fingerprint density at radius 2 is 1.68 bits per heavy atom. The minimum atomic E-state index is -0.0713. The first-order valence-corrected chi connectivity index (χ1v) is 8.98. The van der Waals surface area contributed by atoms with Crippen LogP contribution in [0.25, 0.3) is 0 Å². The van der Waals surface area contributed by atoms with Crippen LogP contribution in [0, 0.1) is 11.8 Å². The quantitative estimate of drug-likeness (QED) is 0.637. The molecule has 2 fully saturated rings. The van der Waals surface area contributed by atoms with E-state index in [9.17, 15) is 9.59 Å². The molecule has 5 heteroatoms. The molecule has 2 rings (SSSR count). The largest absolute Gasteiger partial charge is 0.355 e. The summed E-state index contributed by atoms with van der Waals surface area (Å²) in [6.45, 7) is 3.01. The van der Waals surface area contributed by atoms with Crippen LogP contribution < -0.4 is 16.0 Å². The molecule has 0 radical (unpaired) electrons. The predicted molar refractivity (Wildman–Crippen MR) is 87.4 cm³/mol. The maximum Gasteiger partial charge on any atom is 0.239 e. The third-order valence-electron chi connectivity index (χ3n) is 4.97. The van der Waals surface area contributed by atoms with Gasteiger partial charge in [-0.15, -0.1) is 0 Å². The first-order valence-electron chi connectivity index (χ1n) is 8.98. The van der Waals surface area contributed by atoms with E-state index < -0.39 is 0 Å². The summed E-state index contributed by atoms with van der Waals surface area (Å²) in [6, 6.07) is 0. The summed E-state index contributed by atoms with van der Waals surface area (Å²) in [4.78, 5) is 23.4. The van der Waals surface area contributed by atoms with Crippen LogP contribution in [0.1, 0.15) is 57.8 Å². The molecule has 5 nitrogen and oxygen atoms in total. The Bertz CT molecular complexity index is 348. The van der Waals surface area contributed by atoms with Gasteiger partial charge in [-0.05, 0) is 50.6 Å². The van der Waals surface area contributed by atoms with E-state index in [4.69, 9.17) is 0 Å². The van der Waals surface area contributed by atoms with Crippen LogP contribution in [0.4, 0.5) is 0 Å². The van der Waals surface area contributed by atoms with Crippen molar-refractivity contribution in [2.24, 2.45) is 11.8 Å². The molecule has 1 saturated heterocycles. The average Bonchev–Trinajstić information content (AvgIpc) is 3.05. The minimum Gasteiger partial charge on any atom is -0.355 e. The zero-order valence-electron chi connectivity index (χ0n) is 13.7. The van der Waals surface area contributed by atoms with Gasteiger partial charge in [0.05, 0.1) is 6.54 Å². The summed E-state index contributed by atoms with van der Waals surface area (Å²) in [6.07, 6.45) is 10.2. The summed E-state index contributed by atoms with van der Waals surface area (Å²) in [5, 5.41) is 9.01. The highest BCUT2D eigenvalue weighted by molar-refractivity contribution is 5.84. The van der Waals surface area contributed by atoms with E-state index in [0.29, 0.717) is 18.9 Å². The third-order valence-corrected chi connectivity index (χ3v) is 4.97. The van der Waals surface area contributed by atoms with Crippen LogP contribution in [0.15, 0.2) is 0 Å². The van der Waals surface area contributed by atoms with Crippen molar-refractivity contribution in [2.75, 3.05) is 26.2 Å². The van der Waals surface area contributed by atoms with Gasteiger partial charge in [-0.3, -0.25) is 9.59 Å². The highest BCUT2D eigenvalue weighted by Gasteiger charge is 2.16. The highest BCUT2D eigenvalue weighted by atomic mass is 16.2. The number of hydrogen-bond donors (Lipinski definition) is 3. The molecule has 2 amide bonds. The number of carbonyl (C=O) groups is 2. The number of amides is 2. The van der Waals surface area contributed by atoms with Gasteiger partial charge in [-0.1, -0.05) is 25.7 Å². The van der Waals surface area contributed by atoms with E-state index in [2.05, 4.69) is 16.0 Å². The van der Waals surface area contributed by atoms with Crippen molar-refractivity contribution in [3.05, 3.63) is 0 Å². The summed E-state index contributed by atoms with van der Waals surface area (Å²) in [5.74, 6) is 1.34. The smallest absolute Gasteiger partial charge is 0.239 e. The molecule has 0 aromatic carbocycles. The Morgan fingerprint density at radius 3 is 2.41 bits per heavy atom. The molecule has 0 spiro atoms.